The van der Waals surface area contributed by atoms with E-state index in [1.807, 2.05) is 12.1 Å². The first kappa shape index (κ1) is 17.4. The van der Waals surface area contributed by atoms with Crippen molar-refractivity contribution in [2.75, 3.05) is 18.4 Å². The van der Waals surface area contributed by atoms with Crippen LogP contribution in [0.1, 0.15) is 37.2 Å². The molecule has 2 fully saturated rings. The Hall–Kier alpha value is -1.99. The summed E-state index contributed by atoms with van der Waals surface area (Å²) in [6.45, 7) is 1.17. The molecule has 2 aliphatic rings. The normalized spacial score (nSPS) is 23.6. The Morgan fingerprint density at radius 2 is 1.77 bits per heavy atom. The van der Waals surface area contributed by atoms with Gasteiger partial charge in [0.25, 0.3) is 0 Å². The number of hydrogen-bond donors (Lipinski definition) is 1. The predicted octanol–water partition coefficient (Wildman–Crippen LogP) is 3.36. The summed E-state index contributed by atoms with van der Waals surface area (Å²) < 4.78 is 39.8. The Labute approximate surface area is 153 Å². The van der Waals surface area contributed by atoms with Crippen LogP contribution in [0.4, 0.5) is 10.2 Å². The first-order chi connectivity index (χ1) is 12.5. The molecule has 2 atom stereocenters. The largest absolute Gasteiger partial charge is 0.367 e. The molecule has 1 saturated carbocycles. The van der Waals surface area contributed by atoms with Crippen molar-refractivity contribution >= 4 is 15.8 Å². The molecule has 2 aromatic rings. The molecule has 2 heterocycles. The monoisotopic (exact) mass is 375 g/mol. The summed E-state index contributed by atoms with van der Waals surface area (Å²) >= 11 is 0. The molecule has 0 unspecified atom stereocenters. The zero-order chi connectivity index (χ0) is 18.1. The summed E-state index contributed by atoms with van der Waals surface area (Å²) in [5.74, 6) is 0.775. The van der Waals surface area contributed by atoms with Gasteiger partial charge in [-0.2, -0.15) is 4.31 Å². The number of anilines is 1. The summed E-state index contributed by atoms with van der Waals surface area (Å²) in [5, 5.41) is 3.32. The zero-order valence-corrected chi connectivity index (χ0v) is 15.3. The molecule has 1 aromatic carbocycles. The van der Waals surface area contributed by atoms with E-state index in [0.717, 1.165) is 31.2 Å². The molecule has 0 radical (unpaired) electrons. The van der Waals surface area contributed by atoms with Gasteiger partial charge < -0.3 is 5.32 Å². The molecular formula is C19H22FN3O2S. The molecule has 1 aliphatic heterocycles. The van der Waals surface area contributed by atoms with Gasteiger partial charge in [0, 0.05) is 31.2 Å². The van der Waals surface area contributed by atoms with Gasteiger partial charge in [0.15, 0.2) is 0 Å². The lowest BCUT2D eigenvalue weighted by Crippen LogP contribution is -2.35. The second-order valence-electron chi connectivity index (χ2n) is 6.99. The fourth-order valence-corrected chi connectivity index (χ4v) is 4.96. The lowest BCUT2D eigenvalue weighted by atomic mass is 10.1. The second-order valence-corrected chi connectivity index (χ2v) is 8.93. The molecule has 26 heavy (non-hydrogen) atoms. The fourth-order valence-electron chi connectivity index (χ4n) is 3.50. The Kier molecular flexibility index (Phi) is 4.67. The standard InChI is InChI=1S/C19H22FN3O2S/c20-15-6-4-14(5-7-15)17-12-18(17)22-19-9-8-16(13-21-19)26(24,25)23-10-2-1-3-11-23/h4-9,13,17-18H,1-3,10-12H2,(H,21,22)/t17-,18+/m0/s1. The highest BCUT2D eigenvalue weighted by molar-refractivity contribution is 7.89. The fraction of sp³-hybridized carbons (Fsp3) is 0.421. The van der Waals surface area contributed by atoms with Crippen LogP contribution in [0.3, 0.4) is 0 Å². The number of rotatable bonds is 5. The van der Waals surface area contributed by atoms with Gasteiger partial charge in [-0.05, 0) is 49.1 Å². The van der Waals surface area contributed by atoms with Crippen LogP contribution in [-0.4, -0.2) is 36.8 Å². The number of sulfonamides is 1. The minimum atomic E-state index is -3.44. The lowest BCUT2D eigenvalue weighted by molar-refractivity contribution is 0.346. The number of nitrogens with one attached hydrogen (secondary N) is 1. The maximum Gasteiger partial charge on any atom is 0.244 e. The van der Waals surface area contributed by atoms with Crippen molar-refractivity contribution in [3.8, 4) is 0 Å². The van der Waals surface area contributed by atoms with E-state index in [0.29, 0.717) is 24.8 Å². The Bertz CT molecular complexity index is 863. The minimum Gasteiger partial charge on any atom is -0.367 e. The molecule has 1 aromatic heterocycles. The van der Waals surface area contributed by atoms with Gasteiger partial charge in [0.2, 0.25) is 10.0 Å². The van der Waals surface area contributed by atoms with Gasteiger partial charge in [-0.15, -0.1) is 0 Å². The number of hydrogen-bond acceptors (Lipinski definition) is 4. The Morgan fingerprint density at radius 1 is 1.04 bits per heavy atom. The lowest BCUT2D eigenvalue weighted by Gasteiger charge is -2.25. The van der Waals surface area contributed by atoms with Crippen LogP contribution >= 0.6 is 0 Å². The van der Waals surface area contributed by atoms with Gasteiger partial charge in [-0.1, -0.05) is 18.6 Å². The van der Waals surface area contributed by atoms with Gasteiger partial charge in [-0.3, -0.25) is 0 Å². The van der Waals surface area contributed by atoms with Crippen molar-refractivity contribution in [3.63, 3.8) is 0 Å². The molecule has 1 N–H and O–H groups in total. The van der Waals surface area contributed by atoms with E-state index in [-0.39, 0.29) is 16.8 Å². The van der Waals surface area contributed by atoms with Crippen LogP contribution in [0.2, 0.25) is 0 Å². The van der Waals surface area contributed by atoms with E-state index in [1.165, 1.54) is 18.3 Å². The summed E-state index contributed by atoms with van der Waals surface area (Å²) in [6.07, 6.45) is 5.31. The topological polar surface area (TPSA) is 62.3 Å². The number of benzene rings is 1. The van der Waals surface area contributed by atoms with Crippen LogP contribution < -0.4 is 5.32 Å². The average molecular weight is 375 g/mol. The summed E-state index contributed by atoms with van der Waals surface area (Å²) in [6, 6.07) is 10.2. The first-order valence-corrected chi connectivity index (χ1v) is 10.5. The molecule has 0 spiro atoms. The molecule has 7 heteroatoms. The molecule has 0 amide bonds. The predicted molar refractivity (Wildman–Crippen MR) is 98.0 cm³/mol. The maximum atomic E-state index is 13.0. The number of aromatic nitrogens is 1. The second kappa shape index (κ2) is 6.96. The maximum absolute atomic E-state index is 13.0. The molecule has 138 valence electrons. The van der Waals surface area contributed by atoms with Crippen LogP contribution in [-0.2, 0) is 10.0 Å². The number of pyridine rings is 1. The zero-order valence-electron chi connectivity index (χ0n) is 14.4. The van der Waals surface area contributed by atoms with Crippen molar-refractivity contribution in [3.05, 3.63) is 54.0 Å². The molecule has 4 rings (SSSR count). The minimum absolute atomic E-state index is 0.230. The number of piperidine rings is 1. The summed E-state index contributed by atoms with van der Waals surface area (Å²) in [7, 11) is -3.44. The Morgan fingerprint density at radius 3 is 2.42 bits per heavy atom. The van der Waals surface area contributed by atoms with Gasteiger partial charge >= 0.3 is 0 Å². The van der Waals surface area contributed by atoms with Crippen LogP contribution in [0.5, 0.6) is 0 Å². The highest BCUT2D eigenvalue weighted by Crippen LogP contribution is 2.42. The highest BCUT2D eigenvalue weighted by Gasteiger charge is 2.38. The van der Waals surface area contributed by atoms with Crippen molar-refractivity contribution in [1.82, 2.24) is 9.29 Å². The van der Waals surface area contributed by atoms with E-state index in [1.54, 1.807) is 16.4 Å². The molecular weight excluding hydrogens is 353 g/mol. The highest BCUT2D eigenvalue weighted by atomic mass is 32.2. The third-order valence-electron chi connectivity index (χ3n) is 5.11. The van der Waals surface area contributed by atoms with E-state index < -0.39 is 10.0 Å². The molecule has 1 aliphatic carbocycles. The SMILES string of the molecule is O=S(=O)(c1ccc(N[C@@H]2C[C@H]2c2ccc(F)cc2)nc1)N1CCCCC1. The first-order valence-electron chi connectivity index (χ1n) is 9.02. The molecule has 1 saturated heterocycles. The quantitative estimate of drug-likeness (QED) is 0.870. The van der Waals surface area contributed by atoms with Crippen molar-refractivity contribution in [1.29, 1.82) is 0 Å². The third kappa shape index (κ3) is 3.59. The van der Waals surface area contributed by atoms with E-state index in [2.05, 4.69) is 10.3 Å². The third-order valence-corrected chi connectivity index (χ3v) is 6.99. The van der Waals surface area contributed by atoms with Gasteiger partial charge in [0.05, 0.1) is 0 Å². The number of nitrogens with zero attached hydrogens (tertiary/aromatic N) is 2. The van der Waals surface area contributed by atoms with Crippen LogP contribution in [0, 0.1) is 5.82 Å². The molecule has 0 bridgehead atoms. The van der Waals surface area contributed by atoms with E-state index in [4.69, 9.17) is 0 Å². The van der Waals surface area contributed by atoms with E-state index >= 15 is 0 Å². The molecule has 5 nitrogen and oxygen atoms in total. The van der Waals surface area contributed by atoms with Crippen molar-refractivity contribution in [2.24, 2.45) is 0 Å². The van der Waals surface area contributed by atoms with E-state index in [9.17, 15) is 12.8 Å². The van der Waals surface area contributed by atoms with Gasteiger partial charge in [0.1, 0.15) is 16.5 Å². The number of halogens is 1. The summed E-state index contributed by atoms with van der Waals surface area (Å²) in [5.41, 5.74) is 1.10. The Balaban J connectivity index is 1.40. The van der Waals surface area contributed by atoms with Crippen molar-refractivity contribution < 1.29 is 12.8 Å². The van der Waals surface area contributed by atoms with Gasteiger partial charge in [-0.25, -0.2) is 17.8 Å². The van der Waals surface area contributed by atoms with Crippen molar-refractivity contribution in [2.45, 2.75) is 42.5 Å². The van der Waals surface area contributed by atoms with Crippen LogP contribution in [0.25, 0.3) is 0 Å². The smallest absolute Gasteiger partial charge is 0.244 e. The van der Waals surface area contributed by atoms with Crippen LogP contribution in [0.15, 0.2) is 47.5 Å². The average Bonchev–Trinajstić information content (AvgIpc) is 3.42. The summed E-state index contributed by atoms with van der Waals surface area (Å²) in [4.78, 5) is 4.53.